The van der Waals surface area contributed by atoms with Crippen molar-refractivity contribution < 1.29 is 27.5 Å². The van der Waals surface area contributed by atoms with Crippen LogP contribution >= 0.6 is 0 Å². The van der Waals surface area contributed by atoms with Gasteiger partial charge in [0.25, 0.3) is 5.56 Å². The molecule has 1 aromatic heterocycles. The highest BCUT2D eigenvalue weighted by Gasteiger charge is 2.35. The van der Waals surface area contributed by atoms with E-state index in [4.69, 9.17) is 4.74 Å². The van der Waals surface area contributed by atoms with Crippen LogP contribution in [0, 0.1) is 19.8 Å². The number of likely N-dealkylation sites (N-methyl/N-ethyl adjacent to an activating group) is 1. The van der Waals surface area contributed by atoms with Crippen LogP contribution in [0.15, 0.2) is 59.5 Å². The Morgan fingerprint density at radius 1 is 1.02 bits per heavy atom. The molecule has 0 radical (unpaired) electrons. The number of rotatable bonds is 12. The molecule has 7 nitrogen and oxygen atoms in total. The summed E-state index contributed by atoms with van der Waals surface area (Å²) in [5.74, 6) is -1.20. The van der Waals surface area contributed by atoms with Crippen LogP contribution in [0.4, 0.5) is 13.2 Å². The molecule has 0 saturated carbocycles. The Morgan fingerprint density at radius 3 is 2.23 bits per heavy atom. The lowest BCUT2D eigenvalue weighted by molar-refractivity contribution is -0.141. The molecular weight excluding hydrogens is 571 g/mol. The molecular formula is C34H42F3N3O4. The third-order valence-corrected chi connectivity index (χ3v) is 7.60. The number of pyridine rings is 1. The van der Waals surface area contributed by atoms with Crippen LogP contribution < -0.4 is 10.9 Å². The van der Waals surface area contributed by atoms with Gasteiger partial charge >= 0.3 is 12.1 Å². The first-order chi connectivity index (χ1) is 20.6. The van der Waals surface area contributed by atoms with Crippen LogP contribution in [0.2, 0.25) is 0 Å². The van der Waals surface area contributed by atoms with Gasteiger partial charge in [0.15, 0.2) is 0 Å². The minimum absolute atomic E-state index is 0.0359. The standard InChI is InChI=1S/C34H42F3N3O4/c1-21(2)16-29(40-20-26(14-15-39(5)6)27(18-30(40)41)34(35,36)37)33(43)38-28(19-31(42)44-7)24-12-9-13-25(17-24)32-22(3)10-8-11-23(32)4/h8-13,17-18,20-21,28-29H,14-16,19H2,1-7H3,(H,38,43)/t28-,29-/m0/s1. The lowest BCUT2D eigenvalue weighted by Crippen LogP contribution is -2.40. The van der Waals surface area contributed by atoms with Crippen molar-refractivity contribution in [3.05, 3.63) is 92.9 Å². The molecule has 2 aromatic carbocycles. The first kappa shape index (κ1) is 34.6. The van der Waals surface area contributed by atoms with Crippen LogP contribution in [0.1, 0.15) is 66.6 Å². The number of carbonyl (C=O) groups excluding carboxylic acids is 2. The zero-order valence-electron chi connectivity index (χ0n) is 26.4. The Bertz CT molecular complexity index is 1510. The van der Waals surface area contributed by atoms with E-state index in [1.807, 2.05) is 64.1 Å². The summed E-state index contributed by atoms with van der Waals surface area (Å²) in [6.07, 6.45) is -3.51. The molecule has 44 heavy (non-hydrogen) atoms. The number of hydrogen-bond donors (Lipinski definition) is 1. The quantitative estimate of drug-likeness (QED) is 0.244. The molecule has 0 unspecified atom stereocenters. The van der Waals surface area contributed by atoms with Crippen LogP contribution in [0.5, 0.6) is 0 Å². The Hall–Kier alpha value is -3.92. The second-order valence-corrected chi connectivity index (χ2v) is 11.9. The van der Waals surface area contributed by atoms with Crippen LogP contribution in [0.3, 0.4) is 0 Å². The summed E-state index contributed by atoms with van der Waals surface area (Å²) in [7, 11) is 4.75. The minimum atomic E-state index is -4.72. The topological polar surface area (TPSA) is 80.6 Å². The fraction of sp³-hybridized carbons (Fsp3) is 0.441. The zero-order valence-corrected chi connectivity index (χ0v) is 26.4. The Morgan fingerprint density at radius 2 is 1.66 bits per heavy atom. The first-order valence-corrected chi connectivity index (χ1v) is 14.6. The molecule has 10 heteroatoms. The summed E-state index contributed by atoms with van der Waals surface area (Å²) in [4.78, 5) is 41.3. The third-order valence-electron chi connectivity index (χ3n) is 7.60. The van der Waals surface area contributed by atoms with Gasteiger partial charge in [-0.1, -0.05) is 50.2 Å². The third kappa shape index (κ3) is 8.81. The molecule has 0 bridgehead atoms. The monoisotopic (exact) mass is 613 g/mol. The van der Waals surface area contributed by atoms with Gasteiger partial charge in [0.1, 0.15) is 6.04 Å². The van der Waals surface area contributed by atoms with Crippen molar-refractivity contribution in [3.8, 4) is 11.1 Å². The number of halogens is 3. The maximum atomic E-state index is 14.0. The van der Waals surface area contributed by atoms with E-state index in [9.17, 15) is 27.6 Å². The van der Waals surface area contributed by atoms with Gasteiger partial charge < -0.3 is 19.5 Å². The molecule has 3 rings (SSSR count). The van der Waals surface area contributed by atoms with E-state index >= 15 is 0 Å². The number of esters is 1. The fourth-order valence-corrected chi connectivity index (χ4v) is 5.39. The van der Waals surface area contributed by atoms with Crippen molar-refractivity contribution in [1.29, 1.82) is 0 Å². The summed E-state index contributed by atoms with van der Waals surface area (Å²) in [6, 6.07) is 12.1. The molecule has 0 fully saturated rings. The zero-order chi connectivity index (χ0) is 32.8. The van der Waals surface area contributed by atoms with Gasteiger partial charge in [0, 0.05) is 18.8 Å². The van der Waals surface area contributed by atoms with Gasteiger partial charge in [-0.25, -0.2) is 0 Å². The summed E-state index contributed by atoms with van der Waals surface area (Å²) in [5.41, 5.74) is 2.74. The molecule has 0 saturated heterocycles. The number of nitrogens with zero attached hydrogens (tertiary/aromatic N) is 2. The van der Waals surface area contributed by atoms with Crippen LogP contribution in [-0.2, 0) is 26.9 Å². The van der Waals surface area contributed by atoms with Crippen LogP contribution in [0.25, 0.3) is 11.1 Å². The fourth-order valence-electron chi connectivity index (χ4n) is 5.39. The molecule has 1 N–H and O–H groups in total. The second kappa shape index (κ2) is 14.7. The molecule has 0 aliphatic heterocycles. The Kier molecular flexibility index (Phi) is 11.6. The molecule has 0 aliphatic carbocycles. The first-order valence-electron chi connectivity index (χ1n) is 14.6. The molecule has 2 atom stereocenters. The largest absolute Gasteiger partial charge is 0.469 e. The number of benzene rings is 2. The Balaban J connectivity index is 2.08. The van der Waals surface area contributed by atoms with Gasteiger partial charge in [-0.2, -0.15) is 13.2 Å². The number of hydrogen-bond acceptors (Lipinski definition) is 5. The number of aromatic nitrogens is 1. The van der Waals surface area contributed by atoms with Gasteiger partial charge in [-0.15, -0.1) is 0 Å². The summed E-state index contributed by atoms with van der Waals surface area (Å²) >= 11 is 0. The molecule has 3 aromatic rings. The number of alkyl halides is 3. The SMILES string of the molecule is COC(=O)C[C@H](NC(=O)[C@H](CC(C)C)n1cc(CCN(C)C)c(C(F)(F)F)cc1=O)c1cccc(-c2c(C)cccc2C)c1. The molecule has 238 valence electrons. The highest BCUT2D eigenvalue weighted by atomic mass is 19.4. The smallest absolute Gasteiger partial charge is 0.416 e. The highest BCUT2D eigenvalue weighted by Crippen LogP contribution is 2.33. The minimum Gasteiger partial charge on any atom is -0.469 e. The average Bonchev–Trinajstić information content (AvgIpc) is 2.94. The lowest BCUT2D eigenvalue weighted by atomic mass is 9.92. The van der Waals surface area contributed by atoms with E-state index in [-0.39, 0.29) is 30.7 Å². The van der Waals surface area contributed by atoms with E-state index in [0.29, 0.717) is 18.2 Å². The van der Waals surface area contributed by atoms with E-state index in [1.165, 1.54) is 7.11 Å². The summed E-state index contributed by atoms with van der Waals surface area (Å²) in [6.45, 7) is 8.06. The van der Waals surface area contributed by atoms with Gasteiger partial charge in [-0.05, 0) is 86.1 Å². The van der Waals surface area contributed by atoms with E-state index in [0.717, 1.165) is 33.0 Å². The normalized spacial score (nSPS) is 13.2. The van der Waals surface area contributed by atoms with Crippen molar-refractivity contribution in [1.82, 2.24) is 14.8 Å². The highest BCUT2D eigenvalue weighted by molar-refractivity contribution is 5.82. The number of amides is 1. The lowest BCUT2D eigenvalue weighted by Gasteiger charge is -2.26. The number of methoxy groups -OCH3 is 1. The van der Waals surface area contributed by atoms with Gasteiger partial charge in [0.05, 0.1) is 25.1 Å². The van der Waals surface area contributed by atoms with E-state index < -0.39 is 41.3 Å². The maximum absolute atomic E-state index is 14.0. The second-order valence-electron chi connectivity index (χ2n) is 11.9. The molecule has 1 amide bonds. The maximum Gasteiger partial charge on any atom is 0.416 e. The van der Waals surface area contributed by atoms with Gasteiger partial charge in [-0.3, -0.25) is 14.4 Å². The van der Waals surface area contributed by atoms with Crippen molar-refractivity contribution in [2.24, 2.45) is 5.92 Å². The van der Waals surface area contributed by atoms with E-state index in [1.54, 1.807) is 25.1 Å². The van der Waals surface area contributed by atoms with Crippen molar-refractivity contribution in [2.45, 2.75) is 65.2 Å². The molecule has 0 aliphatic rings. The average molecular weight is 614 g/mol. The Labute approximate surface area is 257 Å². The van der Waals surface area contributed by atoms with Crippen molar-refractivity contribution in [2.75, 3.05) is 27.7 Å². The van der Waals surface area contributed by atoms with Crippen molar-refractivity contribution >= 4 is 11.9 Å². The predicted molar refractivity (Wildman–Crippen MR) is 165 cm³/mol. The number of ether oxygens (including phenoxy) is 1. The number of aryl methyl sites for hydroxylation is 2. The molecule has 0 spiro atoms. The van der Waals surface area contributed by atoms with Crippen LogP contribution in [-0.4, -0.2) is 49.1 Å². The van der Waals surface area contributed by atoms with E-state index in [2.05, 4.69) is 5.32 Å². The summed E-state index contributed by atoms with van der Waals surface area (Å²) in [5, 5.41) is 2.92. The summed E-state index contributed by atoms with van der Waals surface area (Å²) < 4.78 is 47.7. The number of carbonyl (C=O) groups is 2. The van der Waals surface area contributed by atoms with Crippen molar-refractivity contribution in [3.63, 3.8) is 0 Å². The predicted octanol–water partition coefficient (Wildman–Crippen LogP) is 6.26. The van der Waals surface area contributed by atoms with Gasteiger partial charge in [0.2, 0.25) is 5.91 Å². The molecule has 1 heterocycles. The number of nitrogens with one attached hydrogen (secondary N) is 1.